The highest BCUT2D eigenvalue weighted by Gasteiger charge is 2.26. The molecule has 1 saturated heterocycles. The molecule has 3 rings (SSSR count). The molecule has 1 fully saturated rings. The molecule has 1 amide bonds. The van der Waals surface area contributed by atoms with Crippen LogP contribution in [0.2, 0.25) is 0 Å². The standard InChI is InChI=1S/C22H27N3O6S/c1-16-19(7-6-8-20(16)25(27)28)23-22(26)12-9-17-15-18(10-11-21(17)31-2)32(29,30)24-13-4-3-5-14-24/h6-8,10-11,15H,3-5,9,12-14H2,1-2H3,(H,23,26). The van der Waals surface area contributed by atoms with Crippen LogP contribution >= 0.6 is 0 Å². The van der Waals surface area contributed by atoms with E-state index < -0.39 is 14.9 Å². The normalized spacial score (nSPS) is 14.7. The molecule has 9 nitrogen and oxygen atoms in total. The molecule has 32 heavy (non-hydrogen) atoms. The number of rotatable bonds is 8. The van der Waals surface area contributed by atoms with E-state index in [2.05, 4.69) is 5.32 Å². The third-order valence-electron chi connectivity index (χ3n) is 5.60. The average molecular weight is 462 g/mol. The molecule has 0 radical (unpaired) electrons. The van der Waals surface area contributed by atoms with E-state index in [4.69, 9.17) is 4.74 Å². The predicted octanol–water partition coefficient (Wildman–Crippen LogP) is 3.66. The number of aryl methyl sites for hydroxylation is 1. The first-order chi connectivity index (χ1) is 15.2. The van der Waals surface area contributed by atoms with Crippen LogP contribution in [0.15, 0.2) is 41.3 Å². The van der Waals surface area contributed by atoms with Crippen LogP contribution < -0.4 is 10.1 Å². The van der Waals surface area contributed by atoms with Crippen LogP contribution in [-0.2, 0) is 21.2 Å². The number of hydrogen-bond donors (Lipinski definition) is 1. The van der Waals surface area contributed by atoms with Crippen LogP contribution in [0, 0.1) is 17.0 Å². The third-order valence-corrected chi connectivity index (χ3v) is 7.50. The number of anilines is 1. The number of nitro groups is 1. The highest BCUT2D eigenvalue weighted by Crippen LogP contribution is 2.28. The van der Waals surface area contributed by atoms with E-state index in [0.717, 1.165) is 19.3 Å². The van der Waals surface area contributed by atoms with Crippen molar-refractivity contribution in [1.82, 2.24) is 4.31 Å². The monoisotopic (exact) mass is 461 g/mol. The Hall–Kier alpha value is -2.98. The number of nitrogens with zero attached hydrogens (tertiary/aromatic N) is 2. The van der Waals surface area contributed by atoms with E-state index >= 15 is 0 Å². The second-order valence-corrected chi connectivity index (χ2v) is 9.63. The number of hydrogen-bond acceptors (Lipinski definition) is 6. The SMILES string of the molecule is COc1ccc(S(=O)(=O)N2CCCCC2)cc1CCC(=O)Nc1cccc([N+](=O)[O-])c1C. The molecule has 1 N–H and O–H groups in total. The molecule has 10 heteroatoms. The Balaban J connectivity index is 1.74. The van der Waals surface area contributed by atoms with Gasteiger partial charge in [0.1, 0.15) is 5.75 Å². The summed E-state index contributed by atoms with van der Waals surface area (Å²) in [4.78, 5) is 23.3. The number of ether oxygens (including phenoxy) is 1. The Morgan fingerprint density at radius 1 is 1.19 bits per heavy atom. The zero-order valence-electron chi connectivity index (χ0n) is 18.2. The van der Waals surface area contributed by atoms with E-state index in [1.165, 1.54) is 29.6 Å². The summed E-state index contributed by atoms with van der Waals surface area (Å²) in [6.07, 6.45) is 3.04. The topological polar surface area (TPSA) is 119 Å². The number of carbonyl (C=O) groups is 1. The minimum Gasteiger partial charge on any atom is -0.496 e. The number of nitrogens with one attached hydrogen (secondary N) is 1. The molecule has 0 spiro atoms. The Morgan fingerprint density at radius 2 is 1.91 bits per heavy atom. The van der Waals surface area contributed by atoms with Crippen LogP contribution in [0.25, 0.3) is 0 Å². The van der Waals surface area contributed by atoms with Crippen LogP contribution in [0.3, 0.4) is 0 Å². The Morgan fingerprint density at radius 3 is 2.56 bits per heavy atom. The summed E-state index contributed by atoms with van der Waals surface area (Å²) in [5, 5.41) is 13.8. The van der Waals surface area contributed by atoms with Gasteiger partial charge in [-0.15, -0.1) is 0 Å². The highest BCUT2D eigenvalue weighted by atomic mass is 32.2. The summed E-state index contributed by atoms with van der Waals surface area (Å²) >= 11 is 0. The van der Waals surface area contributed by atoms with E-state index in [-0.39, 0.29) is 29.3 Å². The lowest BCUT2D eigenvalue weighted by molar-refractivity contribution is -0.385. The maximum Gasteiger partial charge on any atom is 0.274 e. The molecule has 0 unspecified atom stereocenters. The molecule has 0 saturated carbocycles. The lowest BCUT2D eigenvalue weighted by Gasteiger charge is -2.26. The number of methoxy groups -OCH3 is 1. The first kappa shape index (κ1) is 23.7. The van der Waals surface area contributed by atoms with Crippen molar-refractivity contribution in [3.63, 3.8) is 0 Å². The maximum absolute atomic E-state index is 13.0. The number of piperidine rings is 1. The number of nitro benzene ring substituents is 1. The fourth-order valence-corrected chi connectivity index (χ4v) is 5.35. The van der Waals surface area contributed by atoms with Crippen molar-refractivity contribution < 1.29 is 22.9 Å². The van der Waals surface area contributed by atoms with Crippen molar-refractivity contribution in [2.75, 3.05) is 25.5 Å². The smallest absolute Gasteiger partial charge is 0.274 e. The van der Waals surface area contributed by atoms with Crippen LogP contribution in [0.4, 0.5) is 11.4 Å². The number of sulfonamides is 1. The lowest BCUT2D eigenvalue weighted by Crippen LogP contribution is -2.35. The van der Waals surface area contributed by atoms with Crippen molar-refractivity contribution in [2.24, 2.45) is 0 Å². The number of amides is 1. The fourth-order valence-electron chi connectivity index (χ4n) is 3.78. The van der Waals surface area contributed by atoms with Gasteiger partial charge in [-0.2, -0.15) is 4.31 Å². The molecule has 1 heterocycles. The summed E-state index contributed by atoms with van der Waals surface area (Å²) < 4.78 is 32.8. The summed E-state index contributed by atoms with van der Waals surface area (Å²) in [6.45, 7) is 2.59. The van der Waals surface area contributed by atoms with Crippen molar-refractivity contribution in [3.05, 3.63) is 57.6 Å². The van der Waals surface area contributed by atoms with Crippen molar-refractivity contribution in [1.29, 1.82) is 0 Å². The quantitative estimate of drug-likeness (QED) is 0.473. The van der Waals surface area contributed by atoms with Gasteiger partial charge in [-0.25, -0.2) is 8.42 Å². The second-order valence-electron chi connectivity index (χ2n) is 7.69. The molecule has 0 aliphatic carbocycles. The minimum atomic E-state index is -3.60. The molecule has 2 aromatic rings. The molecule has 2 aromatic carbocycles. The van der Waals surface area contributed by atoms with Gasteiger partial charge < -0.3 is 10.1 Å². The van der Waals surface area contributed by atoms with Gasteiger partial charge in [0.05, 0.1) is 28.2 Å². The second kappa shape index (κ2) is 10.1. The molecular formula is C22H27N3O6S. The van der Waals surface area contributed by atoms with E-state index in [1.54, 1.807) is 25.1 Å². The predicted molar refractivity (Wildman–Crippen MR) is 120 cm³/mol. The molecule has 0 atom stereocenters. The molecular weight excluding hydrogens is 434 g/mol. The first-order valence-corrected chi connectivity index (χ1v) is 11.9. The zero-order chi connectivity index (χ0) is 23.3. The van der Waals surface area contributed by atoms with E-state index in [0.29, 0.717) is 35.7 Å². The van der Waals surface area contributed by atoms with Gasteiger partial charge in [0.25, 0.3) is 5.69 Å². The average Bonchev–Trinajstić information content (AvgIpc) is 2.79. The van der Waals surface area contributed by atoms with Gasteiger partial charge in [-0.05, 0) is 56.0 Å². The van der Waals surface area contributed by atoms with E-state index in [1.807, 2.05) is 0 Å². The highest BCUT2D eigenvalue weighted by molar-refractivity contribution is 7.89. The van der Waals surface area contributed by atoms with Crippen molar-refractivity contribution in [2.45, 2.75) is 43.9 Å². The van der Waals surface area contributed by atoms with Crippen LogP contribution in [-0.4, -0.2) is 43.8 Å². The van der Waals surface area contributed by atoms with Crippen LogP contribution in [0.5, 0.6) is 5.75 Å². The third kappa shape index (κ3) is 5.25. The van der Waals surface area contributed by atoms with E-state index in [9.17, 15) is 23.3 Å². The maximum atomic E-state index is 13.0. The van der Waals surface area contributed by atoms with Gasteiger partial charge in [0.2, 0.25) is 15.9 Å². The molecule has 1 aliphatic rings. The lowest BCUT2D eigenvalue weighted by atomic mass is 10.1. The molecule has 0 bridgehead atoms. The Labute approximate surface area is 187 Å². The molecule has 172 valence electrons. The van der Waals surface area contributed by atoms with Crippen LogP contribution in [0.1, 0.15) is 36.8 Å². The summed E-state index contributed by atoms with van der Waals surface area (Å²) in [5.41, 5.74) is 1.28. The van der Waals surface area contributed by atoms with Crippen molar-refractivity contribution in [3.8, 4) is 5.75 Å². The molecule has 1 aliphatic heterocycles. The Kier molecular flexibility index (Phi) is 7.47. The van der Waals surface area contributed by atoms with Gasteiger partial charge in [-0.3, -0.25) is 14.9 Å². The molecule has 0 aromatic heterocycles. The summed E-state index contributed by atoms with van der Waals surface area (Å²) in [5.74, 6) is 0.168. The fraction of sp³-hybridized carbons (Fsp3) is 0.409. The largest absolute Gasteiger partial charge is 0.496 e. The van der Waals surface area contributed by atoms with Gasteiger partial charge in [0, 0.05) is 25.6 Å². The number of benzene rings is 2. The summed E-state index contributed by atoms with van der Waals surface area (Å²) in [6, 6.07) is 9.19. The minimum absolute atomic E-state index is 0.0612. The van der Waals surface area contributed by atoms with Gasteiger partial charge in [0.15, 0.2) is 0 Å². The summed E-state index contributed by atoms with van der Waals surface area (Å²) in [7, 11) is -2.11. The zero-order valence-corrected chi connectivity index (χ0v) is 19.0. The number of carbonyl (C=O) groups excluding carboxylic acids is 1. The Bertz CT molecular complexity index is 1110. The van der Waals surface area contributed by atoms with Crippen molar-refractivity contribution >= 4 is 27.3 Å². The van der Waals surface area contributed by atoms with Gasteiger partial charge >= 0.3 is 0 Å². The first-order valence-electron chi connectivity index (χ1n) is 10.4. The van der Waals surface area contributed by atoms with Gasteiger partial charge in [-0.1, -0.05) is 12.5 Å².